The molecule has 1 saturated heterocycles. The molecular formula is C14H18IN3O4. The van der Waals surface area contributed by atoms with Gasteiger partial charge in [0.25, 0.3) is 5.69 Å². The van der Waals surface area contributed by atoms with Gasteiger partial charge in [-0.3, -0.25) is 19.8 Å². The Bertz CT molecular complexity index is 517. The molecule has 0 spiro atoms. The highest BCUT2D eigenvalue weighted by atomic mass is 127. The third-order valence-electron chi connectivity index (χ3n) is 3.46. The summed E-state index contributed by atoms with van der Waals surface area (Å²) in [6.07, 6.45) is 0. The lowest BCUT2D eigenvalue weighted by Gasteiger charge is -2.26. The number of hydrogen-bond donors (Lipinski definition) is 1. The maximum absolute atomic E-state index is 12.0. The van der Waals surface area contributed by atoms with Crippen molar-refractivity contribution in [2.24, 2.45) is 0 Å². The first-order chi connectivity index (χ1) is 10.6. The second-order valence-electron chi connectivity index (χ2n) is 4.97. The van der Waals surface area contributed by atoms with Gasteiger partial charge < -0.3 is 10.1 Å². The molecule has 0 amide bonds. The number of hydrogen-bond acceptors (Lipinski definition) is 6. The minimum absolute atomic E-state index is 0.0134. The number of esters is 1. The first-order valence-corrected chi connectivity index (χ1v) is 8.30. The molecule has 1 aliphatic rings. The largest absolute Gasteiger partial charge is 0.463 e. The molecule has 22 heavy (non-hydrogen) atoms. The van der Waals surface area contributed by atoms with Crippen molar-refractivity contribution in [2.45, 2.75) is 3.92 Å². The van der Waals surface area contributed by atoms with E-state index in [0.29, 0.717) is 12.2 Å². The van der Waals surface area contributed by atoms with E-state index >= 15 is 0 Å². The summed E-state index contributed by atoms with van der Waals surface area (Å²) in [5.74, 6) is -0.315. The number of ether oxygens (including phenoxy) is 1. The number of nitrogens with zero attached hydrogens (tertiary/aromatic N) is 2. The number of alkyl halides is 1. The van der Waals surface area contributed by atoms with Crippen LogP contribution in [0.25, 0.3) is 0 Å². The van der Waals surface area contributed by atoms with Gasteiger partial charge in [0.05, 0.1) is 4.92 Å². The van der Waals surface area contributed by atoms with Gasteiger partial charge in [0.15, 0.2) is 0 Å². The molecule has 1 heterocycles. The summed E-state index contributed by atoms with van der Waals surface area (Å²) in [5, 5.41) is 13.9. The van der Waals surface area contributed by atoms with Crippen molar-refractivity contribution in [1.82, 2.24) is 10.2 Å². The molecule has 8 heteroatoms. The van der Waals surface area contributed by atoms with Gasteiger partial charge in [-0.1, -0.05) is 34.7 Å². The van der Waals surface area contributed by atoms with E-state index in [1.807, 2.05) is 22.6 Å². The molecule has 0 bridgehead atoms. The number of halogens is 1. The third-order valence-corrected chi connectivity index (χ3v) is 4.69. The Kier molecular flexibility index (Phi) is 6.52. The first-order valence-electron chi connectivity index (χ1n) is 7.06. The Labute approximate surface area is 142 Å². The summed E-state index contributed by atoms with van der Waals surface area (Å²) in [5.41, 5.74) is 0.720. The first kappa shape index (κ1) is 17.1. The summed E-state index contributed by atoms with van der Waals surface area (Å²) < 4.78 is 4.84. The molecule has 0 aliphatic carbocycles. The van der Waals surface area contributed by atoms with Crippen molar-refractivity contribution in [3.05, 3.63) is 39.9 Å². The molecule has 120 valence electrons. The average molecular weight is 419 g/mol. The number of carbonyl (C=O) groups is 1. The van der Waals surface area contributed by atoms with E-state index in [9.17, 15) is 14.9 Å². The van der Waals surface area contributed by atoms with Crippen molar-refractivity contribution >= 4 is 34.2 Å². The van der Waals surface area contributed by atoms with Crippen LogP contribution in [-0.2, 0) is 9.53 Å². The normalized spacial score (nSPS) is 17.0. The number of nitrogens with one attached hydrogen (secondary N) is 1. The van der Waals surface area contributed by atoms with E-state index in [1.54, 1.807) is 12.1 Å². The zero-order chi connectivity index (χ0) is 15.9. The minimum atomic E-state index is -0.461. The van der Waals surface area contributed by atoms with Gasteiger partial charge in [-0.2, -0.15) is 0 Å². The van der Waals surface area contributed by atoms with Crippen molar-refractivity contribution < 1.29 is 14.5 Å². The summed E-state index contributed by atoms with van der Waals surface area (Å²) >= 11 is 1.99. The molecule has 0 radical (unpaired) electrons. The van der Waals surface area contributed by atoms with Crippen LogP contribution in [0.1, 0.15) is 9.49 Å². The lowest BCUT2D eigenvalue weighted by atomic mass is 10.1. The number of nitro benzene ring substituents is 1. The van der Waals surface area contributed by atoms with E-state index in [2.05, 4.69) is 10.2 Å². The number of non-ortho nitro benzene ring substituents is 1. The number of piperazine rings is 1. The van der Waals surface area contributed by atoms with Crippen LogP contribution in [0.3, 0.4) is 0 Å². The minimum Gasteiger partial charge on any atom is -0.463 e. The Morgan fingerprint density at radius 2 is 2.00 bits per heavy atom. The Balaban J connectivity index is 1.79. The maximum atomic E-state index is 12.0. The quantitative estimate of drug-likeness (QED) is 0.248. The summed E-state index contributed by atoms with van der Waals surface area (Å²) in [4.78, 5) is 24.4. The number of benzene rings is 1. The summed E-state index contributed by atoms with van der Waals surface area (Å²) in [6, 6.07) is 5.98. The zero-order valence-corrected chi connectivity index (χ0v) is 14.2. The topological polar surface area (TPSA) is 84.7 Å². The molecule has 0 aromatic heterocycles. The fourth-order valence-corrected chi connectivity index (χ4v) is 2.78. The van der Waals surface area contributed by atoms with Crippen LogP contribution in [-0.4, -0.2) is 55.1 Å². The van der Waals surface area contributed by atoms with Crippen molar-refractivity contribution in [3.8, 4) is 0 Å². The molecule has 1 unspecified atom stereocenters. The van der Waals surface area contributed by atoms with Crippen molar-refractivity contribution in [2.75, 3.05) is 39.3 Å². The predicted octanol–water partition coefficient (Wildman–Crippen LogP) is 1.52. The van der Waals surface area contributed by atoms with E-state index in [0.717, 1.165) is 32.7 Å². The monoisotopic (exact) mass is 419 g/mol. The second-order valence-corrected chi connectivity index (χ2v) is 6.22. The van der Waals surface area contributed by atoms with E-state index < -0.39 is 8.85 Å². The van der Waals surface area contributed by atoms with Gasteiger partial charge in [0.1, 0.15) is 10.5 Å². The fraction of sp³-hybridized carbons (Fsp3) is 0.500. The van der Waals surface area contributed by atoms with Gasteiger partial charge in [-0.05, 0) is 5.56 Å². The highest BCUT2D eigenvalue weighted by Crippen LogP contribution is 2.26. The standard InChI is InChI=1S/C14H18IN3O4/c15-13(11-1-3-12(4-2-11)18(20)21)14(19)22-10-9-17-7-5-16-6-8-17/h1-4,13,16H,5-10H2. The molecule has 1 atom stereocenters. The summed E-state index contributed by atoms with van der Waals surface area (Å²) in [6.45, 7) is 4.96. The third kappa shape index (κ3) is 4.89. The van der Waals surface area contributed by atoms with E-state index in [1.165, 1.54) is 12.1 Å². The Morgan fingerprint density at radius 3 is 2.59 bits per heavy atom. The van der Waals surface area contributed by atoms with Gasteiger partial charge >= 0.3 is 5.97 Å². The molecule has 1 aromatic rings. The van der Waals surface area contributed by atoms with Crippen molar-refractivity contribution in [3.63, 3.8) is 0 Å². The molecule has 1 fully saturated rings. The number of nitro groups is 1. The van der Waals surface area contributed by atoms with Crippen LogP contribution in [0, 0.1) is 10.1 Å². The molecule has 1 aliphatic heterocycles. The highest BCUT2D eigenvalue weighted by Gasteiger charge is 2.20. The van der Waals surface area contributed by atoms with Crippen LogP contribution < -0.4 is 5.32 Å². The van der Waals surface area contributed by atoms with Crippen LogP contribution >= 0.6 is 22.6 Å². The van der Waals surface area contributed by atoms with E-state index in [-0.39, 0.29) is 11.7 Å². The van der Waals surface area contributed by atoms with Crippen LogP contribution in [0.15, 0.2) is 24.3 Å². The maximum Gasteiger partial charge on any atom is 0.323 e. The molecule has 2 rings (SSSR count). The average Bonchev–Trinajstić information content (AvgIpc) is 2.55. The zero-order valence-electron chi connectivity index (χ0n) is 12.0. The van der Waals surface area contributed by atoms with Crippen LogP contribution in [0.2, 0.25) is 0 Å². The fourth-order valence-electron chi connectivity index (χ4n) is 2.18. The van der Waals surface area contributed by atoms with Gasteiger partial charge in [-0.25, -0.2) is 0 Å². The molecule has 1 aromatic carbocycles. The smallest absolute Gasteiger partial charge is 0.323 e. The van der Waals surface area contributed by atoms with Crippen LogP contribution in [0.5, 0.6) is 0 Å². The van der Waals surface area contributed by atoms with Gasteiger partial charge in [0.2, 0.25) is 0 Å². The van der Waals surface area contributed by atoms with Crippen LogP contribution in [0.4, 0.5) is 5.69 Å². The lowest BCUT2D eigenvalue weighted by Crippen LogP contribution is -2.44. The molecule has 7 nitrogen and oxygen atoms in total. The number of carbonyl (C=O) groups excluding carboxylic acids is 1. The highest BCUT2D eigenvalue weighted by molar-refractivity contribution is 14.1. The molecule has 1 N–H and O–H groups in total. The van der Waals surface area contributed by atoms with Gasteiger partial charge in [0, 0.05) is 44.9 Å². The molecule has 0 saturated carbocycles. The second kappa shape index (κ2) is 8.39. The predicted molar refractivity (Wildman–Crippen MR) is 90.1 cm³/mol. The van der Waals surface area contributed by atoms with E-state index in [4.69, 9.17) is 4.74 Å². The Morgan fingerprint density at radius 1 is 1.36 bits per heavy atom. The summed E-state index contributed by atoms with van der Waals surface area (Å²) in [7, 11) is 0. The van der Waals surface area contributed by atoms with Crippen molar-refractivity contribution in [1.29, 1.82) is 0 Å². The Hall–Kier alpha value is -1.26. The SMILES string of the molecule is O=C(OCCN1CCNCC1)C(I)c1ccc([N+](=O)[O-])cc1. The number of rotatable bonds is 6. The lowest BCUT2D eigenvalue weighted by molar-refractivity contribution is -0.384. The molecular weight excluding hydrogens is 401 g/mol. The van der Waals surface area contributed by atoms with Gasteiger partial charge in [-0.15, -0.1) is 0 Å².